The van der Waals surface area contributed by atoms with Crippen molar-refractivity contribution in [2.45, 2.75) is 64.5 Å². The summed E-state index contributed by atoms with van der Waals surface area (Å²) in [5, 5.41) is 3.53. The first-order chi connectivity index (χ1) is 10.4. The van der Waals surface area contributed by atoms with Gasteiger partial charge in [-0.3, -0.25) is 0 Å². The summed E-state index contributed by atoms with van der Waals surface area (Å²) < 4.78 is 0. The van der Waals surface area contributed by atoms with Crippen molar-refractivity contribution < 1.29 is 0 Å². The highest BCUT2D eigenvalue weighted by Crippen LogP contribution is 2.37. The highest BCUT2D eigenvalue weighted by Gasteiger charge is 2.34. The number of nitrogens with zero attached hydrogens (tertiary/aromatic N) is 2. The normalized spacial score (nSPS) is 23.1. The Hall–Kier alpha value is -1.09. The standard InChI is InChI=1S/C18H29N3/c1-2-11-19-14-16-9-5-12-20-18(16)21-13-6-10-17(21)15-7-3-4-8-15/h5,9,12,15,17,19H,2-4,6-8,10-11,13-14H2,1H3. The lowest BCUT2D eigenvalue weighted by Gasteiger charge is -2.31. The molecule has 1 aliphatic heterocycles. The van der Waals surface area contributed by atoms with Crippen LogP contribution in [0.2, 0.25) is 0 Å². The third-order valence-corrected chi connectivity index (χ3v) is 5.13. The van der Waals surface area contributed by atoms with Gasteiger partial charge in [0.1, 0.15) is 5.82 Å². The molecule has 2 fully saturated rings. The van der Waals surface area contributed by atoms with Gasteiger partial charge in [-0.05, 0) is 50.6 Å². The molecule has 21 heavy (non-hydrogen) atoms. The minimum atomic E-state index is 0.743. The minimum absolute atomic E-state index is 0.743. The van der Waals surface area contributed by atoms with Gasteiger partial charge < -0.3 is 10.2 Å². The molecule has 1 aromatic rings. The molecule has 0 aromatic carbocycles. The third kappa shape index (κ3) is 3.39. The lowest BCUT2D eigenvalue weighted by Crippen LogP contribution is -2.36. The quantitative estimate of drug-likeness (QED) is 0.808. The van der Waals surface area contributed by atoms with Gasteiger partial charge in [0.2, 0.25) is 0 Å². The number of hydrogen-bond acceptors (Lipinski definition) is 3. The van der Waals surface area contributed by atoms with Crippen LogP contribution in [0.25, 0.3) is 0 Å². The molecular formula is C18H29N3. The molecule has 1 unspecified atom stereocenters. The minimum Gasteiger partial charge on any atom is -0.353 e. The summed E-state index contributed by atoms with van der Waals surface area (Å²) in [5.41, 5.74) is 1.37. The van der Waals surface area contributed by atoms with Gasteiger partial charge in [-0.1, -0.05) is 25.8 Å². The van der Waals surface area contributed by atoms with E-state index in [1.807, 2.05) is 6.20 Å². The maximum atomic E-state index is 4.75. The van der Waals surface area contributed by atoms with Crippen molar-refractivity contribution in [3.8, 4) is 0 Å². The molecule has 1 atom stereocenters. The number of anilines is 1. The van der Waals surface area contributed by atoms with Gasteiger partial charge in [0.15, 0.2) is 0 Å². The smallest absolute Gasteiger partial charge is 0.133 e. The molecule has 3 nitrogen and oxygen atoms in total. The van der Waals surface area contributed by atoms with E-state index in [1.54, 1.807) is 0 Å². The topological polar surface area (TPSA) is 28.2 Å². The molecule has 1 saturated carbocycles. The van der Waals surface area contributed by atoms with Gasteiger partial charge in [0.25, 0.3) is 0 Å². The van der Waals surface area contributed by atoms with E-state index in [2.05, 4.69) is 29.3 Å². The van der Waals surface area contributed by atoms with Crippen molar-refractivity contribution in [1.82, 2.24) is 10.3 Å². The Morgan fingerprint density at radius 3 is 2.90 bits per heavy atom. The second-order valence-corrected chi connectivity index (χ2v) is 6.61. The average Bonchev–Trinajstić information content (AvgIpc) is 3.19. The maximum absolute atomic E-state index is 4.75. The summed E-state index contributed by atoms with van der Waals surface area (Å²) in [6.45, 7) is 5.44. The number of pyridine rings is 1. The van der Waals surface area contributed by atoms with Crippen molar-refractivity contribution >= 4 is 5.82 Å². The van der Waals surface area contributed by atoms with Crippen molar-refractivity contribution in [3.05, 3.63) is 23.9 Å². The maximum Gasteiger partial charge on any atom is 0.133 e. The highest BCUT2D eigenvalue weighted by atomic mass is 15.2. The lowest BCUT2D eigenvalue weighted by atomic mass is 9.96. The van der Waals surface area contributed by atoms with E-state index in [0.717, 1.165) is 25.0 Å². The number of hydrogen-bond donors (Lipinski definition) is 1. The molecule has 0 spiro atoms. The fraction of sp³-hybridized carbons (Fsp3) is 0.722. The molecule has 1 aliphatic carbocycles. The molecule has 116 valence electrons. The number of aromatic nitrogens is 1. The van der Waals surface area contributed by atoms with Crippen LogP contribution in [-0.2, 0) is 6.54 Å². The molecule has 0 radical (unpaired) electrons. The number of rotatable bonds is 6. The Balaban J connectivity index is 1.75. The van der Waals surface area contributed by atoms with Crippen LogP contribution in [0.3, 0.4) is 0 Å². The van der Waals surface area contributed by atoms with Crippen LogP contribution in [0, 0.1) is 5.92 Å². The summed E-state index contributed by atoms with van der Waals surface area (Å²) in [6.07, 6.45) is 11.6. The van der Waals surface area contributed by atoms with Crippen molar-refractivity contribution in [1.29, 1.82) is 0 Å². The van der Waals surface area contributed by atoms with E-state index in [4.69, 9.17) is 4.98 Å². The van der Waals surface area contributed by atoms with E-state index in [0.29, 0.717) is 0 Å². The van der Waals surface area contributed by atoms with Crippen LogP contribution >= 0.6 is 0 Å². The van der Waals surface area contributed by atoms with Gasteiger partial charge in [0, 0.05) is 30.9 Å². The van der Waals surface area contributed by atoms with Crippen molar-refractivity contribution in [2.75, 3.05) is 18.0 Å². The van der Waals surface area contributed by atoms with Crippen molar-refractivity contribution in [2.24, 2.45) is 5.92 Å². The molecule has 2 heterocycles. The fourth-order valence-corrected chi connectivity index (χ4v) is 4.11. The van der Waals surface area contributed by atoms with Crippen LogP contribution in [0.1, 0.15) is 57.4 Å². The second-order valence-electron chi connectivity index (χ2n) is 6.61. The van der Waals surface area contributed by atoms with Crippen LogP contribution in [0.5, 0.6) is 0 Å². The average molecular weight is 287 g/mol. The van der Waals surface area contributed by atoms with Crippen LogP contribution < -0.4 is 10.2 Å². The molecule has 1 saturated heterocycles. The van der Waals surface area contributed by atoms with E-state index in [-0.39, 0.29) is 0 Å². The van der Waals surface area contributed by atoms with Crippen LogP contribution in [-0.4, -0.2) is 24.1 Å². The van der Waals surface area contributed by atoms with Crippen molar-refractivity contribution in [3.63, 3.8) is 0 Å². The zero-order valence-corrected chi connectivity index (χ0v) is 13.4. The van der Waals surface area contributed by atoms with E-state index < -0.39 is 0 Å². The third-order valence-electron chi connectivity index (χ3n) is 5.13. The monoisotopic (exact) mass is 287 g/mol. The summed E-state index contributed by atoms with van der Waals surface area (Å²) in [5.74, 6) is 2.15. The second kappa shape index (κ2) is 7.26. The largest absolute Gasteiger partial charge is 0.353 e. The molecule has 0 amide bonds. The fourth-order valence-electron chi connectivity index (χ4n) is 4.11. The van der Waals surface area contributed by atoms with Gasteiger partial charge in [-0.25, -0.2) is 4.98 Å². The SMILES string of the molecule is CCCNCc1cccnc1N1CCCC1C1CCCC1. The molecule has 2 aliphatic rings. The van der Waals surface area contributed by atoms with Gasteiger partial charge >= 0.3 is 0 Å². The molecule has 3 heteroatoms. The van der Waals surface area contributed by atoms with Gasteiger partial charge in [-0.2, -0.15) is 0 Å². The first-order valence-electron chi connectivity index (χ1n) is 8.81. The zero-order chi connectivity index (χ0) is 14.5. The van der Waals surface area contributed by atoms with E-state index in [9.17, 15) is 0 Å². The zero-order valence-electron chi connectivity index (χ0n) is 13.4. The first-order valence-corrected chi connectivity index (χ1v) is 8.81. The highest BCUT2D eigenvalue weighted by molar-refractivity contribution is 5.49. The Kier molecular flexibility index (Phi) is 5.13. The molecule has 1 N–H and O–H groups in total. The summed E-state index contributed by atoms with van der Waals surface area (Å²) >= 11 is 0. The lowest BCUT2D eigenvalue weighted by molar-refractivity contribution is 0.428. The van der Waals surface area contributed by atoms with Gasteiger partial charge in [0.05, 0.1) is 0 Å². The summed E-state index contributed by atoms with van der Waals surface area (Å²) in [4.78, 5) is 7.37. The van der Waals surface area contributed by atoms with Crippen LogP contribution in [0.4, 0.5) is 5.82 Å². The Labute approximate surface area is 129 Å². The molecular weight excluding hydrogens is 258 g/mol. The Morgan fingerprint density at radius 1 is 1.24 bits per heavy atom. The van der Waals surface area contributed by atoms with E-state index >= 15 is 0 Å². The molecule has 0 bridgehead atoms. The predicted molar refractivity (Wildman–Crippen MR) is 88.6 cm³/mol. The van der Waals surface area contributed by atoms with Crippen LogP contribution in [0.15, 0.2) is 18.3 Å². The molecule has 3 rings (SSSR count). The molecule has 1 aromatic heterocycles. The Bertz CT molecular complexity index is 440. The first kappa shape index (κ1) is 14.8. The van der Waals surface area contributed by atoms with Gasteiger partial charge in [-0.15, -0.1) is 0 Å². The Morgan fingerprint density at radius 2 is 2.10 bits per heavy atom. The van der Waals surface area contributed by atoms with E-state index in [1.165, 1.54) is 62.9 Å². The summed E-state index contributed by atoms with van der Waals surface area (Å²) in [7, 11) is 0. The predicted octanol–water partition coefficient (Wildman–Crippen LogP) is 3.74. The summed E-state index contributed by atoms with van der Waals surface area (Å²) in [6, 6.07) is 5.06. The number of nitrogens with one attached hydrogen (secondary N) is 1.